The van der Waals surface area contributed by atoms with Gasteiger partial charge in [0.15, 0.2) is 11.6 Å². The summed E-state index contributed by atoms with van der Waals surface area (Å²) in [5, 5.41) is 0. The summed E-state index contributed by atoms with van der Waals surface area (Å²) >= 11 is 5.41. The standard InChI is InChI=1S/C9H9ClFNO/c10-4-1-2-9(13)7-3-5-12-6-8(7)11/h3,5-6H,1-2,4H2. The number of carbonyl (C=O) groups excluding carboxylic acids is 1. The van der Waals surface area contributed by atoms with Crippen LogP contribution in [0, 0.1) is 5.82 Å². The highest BCUT2D eigenvalue weighted by molar-refractivity contribution is 6.18. The third-order valence-corrected chi connectivity index (χ3v) is 1.88. The van der Waals surface area contributed by atoms with Crippen molar-refractivity contribution in [1.82, 2.24) is 4.98 Å². The summed E-state index contributed by atoms with van der Waals surface area (Å²) in [6.07, 6.45) is 3.29. The first kappa shape index (κ1) is 10.1. The molecule has 0 N–H and O–H groups in total. The molecular weight excluding hydrogens is 193 g/mol. The number of halogens is 2. The fourth-order valence-electron chi connectivity index (χ4n) is 0.963. The van der Waals surface area contributed by atoms with Crippen molar-refractivity contribution in [2.24, 2.45) is 0 Å². The summed E-state index contributed by atoms with van der Waals surface area (Å²) in [6.45, 7) is 0. The third-order valence-electron chi connectivity index (χ3n) is 1.61. The van der Waals surface area contributed by atoms with E-state index in [-0.39, 0.29) is 17.8 Å². The lowest BCUT2D eigenvalue weighted by molar-refractivity contribution is 0.0978. The van der Waals surface area contributed by atoms with E-state index < -0.39 is 5.82 Å². The lowest BCUT2D eigenvalue weighted by Gasteiger charge is -1.99. The Hall–Kier alpha value is -0.960. The summed E-state index contributed by atoms with van der Waals surface area (Å²) in [5.74, 6) is -0.374. The second-order valence-electron chi connectivity index (χ2n) is 2.57. The van der Waals surface area contributed by atoms with Gasteiger partial charge in [-0.25, -0.2) is 4.39 Å². The predicted molar refractivity (Wildman–Crippen MR) is 48.5 cm³/mol. The van der Waals surface area contributed by atoms with Gasteiger partial charge in [0.1, 0.15) is 0 Å². The first-order chi connectivity index (χ1) is 6.25. The van der Waals surface area contributed by atoms with Crippen molar-refractivity contribution >= 4 is 17.4 Å². The van der Waals surface area contributed by atoms with Gasteiger partial charge in [-0.2, -0.15) is 0 Å². The second-order valence-corrected chi connectivity index (χ2v) is 2.95. The van der Waals surface area contributed by atoms with Crippen LogP contribution in [0.15, 0.2) is 18.5 Å². The number of hydrogen-bond acceptors (Lipinski definition) is 2. The molecule has 70 valence electrons. The summed E-state index contributed by atoms with van der Waals surface area (Å²) in [7, 11) is 0. The van der Waals surface area contributed by atoms with Gasteiger partial charge in [-0.05, 0) is 12.5 Å². The van der Waals surface area contributed by atoms with Crippen LogP contribution in [0.3, 0.4) is 0 Å². The maximum Gasteiger partial charge on any atom is 0.165 e. The molecule has 1 aromatic heterocycles. The number of hydrogen-bond donors (Lipinski definition) is 0. The van der Waals surface area contributed by atoms with Crippen molar-refractivity contribution in [3.8, 4) is 0 Å². The normalized spacial score (nSPS) is 10.0. The largest absolute Gasteiger partial charge is 0.294 e. The van der Waals surface area contributed by atoms with E-state index >= 15 is 0 Å². The molecule has 0 unspecified atom stereocenters. The van der Waals surface area contributed by atoms with Gasteiger partial charge in [-0.3, -0.25) is 9.78 Å². The number of alkyl halides is 1. The summed E-state index contributed by atoms with van der Waals surface area (Å²) in [6, 6.07) is 1.38. The van der Waals surface area contributed by atoms with E-state index in [2.05, 4.69) is 4.98 Å². The van der Waals surface area contributed by atoms with Gasteiger partial charge in [0.2, 0.25) is 0 Å². The molecule has 0 amide bonds. The zero-order valence-corrected chi connectivity index (χ0v) is 7.72. The lowest BCUT2D eigenvalue weighted by Crippen LogP contribution is -2.02. The Labute approximate surface area is 80.7 Å². The molecule has 1 heterocycles. The molecular formula is C9H9ClFNO. The molecule has 0 aromatic carbocycles. The van der Waals surface area contributed by atoms with Crippen molar-refractivity contribution < 1.29 is 9.18 Å². The molecule has 1 aromatic rings. The topological polar surface area (TPSA) is 30.0 Å². The fraction of sp³-hybridized carbons (Fsp3) is 0.333. The van der Waals surface area contributed by atoms with Crippen molar-refractivity contribution in [3.63, 3.8) is 0 Å². The SMILES string of the molecule is O=C(CCCCl)c1ccncc1F. The first-order valence-electron chi connectivity index (χ1n) is 3.94. The zero-order valence-electron chi connectivity index (χ0n) is 6.96. The van der Waals surface area contributed by atoms with E-state index in [0.717, 1.165) is 6.20 Å². The number of rotatable bonds is 4. The Morgan fingerprint density at radius 2 is 2.38 bits per heavy atom. The Morgan fingerprint density at radius 1 is 1.62 bits per heavy atom. The number of Topliss-reactive ketones (excluding diaryl/α,β-unsaturated/α-hetero) is 1. The summed E-state index contributed by atoms with van der Waals surface area (Å²) in [4.78, 5) is 14.9. The van der Waals surface area contributed by atoms with Crippen LogP contribution < -0.4 is 0 Å². The fourth-order valence-corrected chi connectivity index (χ4v) is 1.10. The molecule has 1 rings (SSSR count). The lowest BCUT2D eigenvalue weighted by atomic mass is 10.1. The van der Waals surface area contributed by atoms with Gasteiger partial charge < -0.3 is 0 Å². The smallest absolute Gasteiger partial charge is 0.165 e. The summed E-state index contributed by atoms with van der Waals surface area (Å²) in [5.41, 5.74) is 0.0973. The molecule has 0 radical (unpaired) electrons. The van der Waals surface area contributed by atoms with Crippen molar-refractivity contribution in [3.05, 3.63) is 29.8 Å². The Bertz CT molecular complexity index is 303. The molecule has 0 aliphatic heterocycles. The molecule has 0 saturated carbocycles. The summed E-state index contributed by atoms with van der Waals surface area (Å²) < 4.78 is 13.0. The van der Waals surface area contributed by atoms with Crippen LogP contribution in [0.25, 0.3) is 0 Å². The minimum Gasteiger partial charge on any atom is -0.294 e. The average Bonchev–Trinajstić information content (AvgIpc) is 2.15. The Kier molecular flexibility index (Phi) is 3.83. The maximum atomic E-state index is 13.0. The molecule has 0 fully saturated rings. The molecule has 0 bridgehead atoms. The zero-order chi connectivity index (χ0) is 9.68. The Balaban J connectivity index is 2.71. The number of carbonyl (C=O) groups is 1. The highest BCUT2D eigenvalue weighted by atomic mass is 35.5. The van der Waals surface area contributed by atoms with Gasteiger partial charge in [-0.1, -0.05) is 0 Å². The molecule has 4 heteroatoms. The van der Waals surface area contributed by atoms with Crippen molar-refractivity contribution in [1.29, 1.82) is 0 Å². The van der Waals surface area contributed by atoms with E-state index in [4.69, 9.17) is 11.6 Å². The van der Waals surface area contributed by atoms with Gasteiger partial charge in [-0.15, -0.1) is 11.6 Å². The number of nitrogens with zero attached hydrogens (tertiary/aromatic N) is 1. The average molecular weight is 202 g/mol. The quantitative estimate of drug-likeness (QED) is 0.553. The van der Waals surface area contributed by atoms with Gasteiger partial charge >= 0.3 is 0 Å². The van der Waals surface area contributed by atoms with Gasteiger partial charge in [0.05, 0.1) is 11.8 Å². The van der Waals surface area contributed by atoms with Crippen LogP contribution >= 0.6 is 11.6 Å². The third kappa shape index (κ3) is 2.77. The first-order valence-corrected chi connectivity index (χ1v) is 4.48. The molecule has 0 atom stereocenters. The highest BCUT2D eigenvalue weighted by Crippen LogP contribution is 2.09. The van der Waals surface area contributed by atoms with Crippen molar-refractivity contribution in [2.45, 2.75) is 12.8 Å². The molecule has 0 saturated heterocycles. The monoisotopic (exact) mass is 201 g/mol. The van der Waals surface area contributed by atoms with Crippen LogP contribution in [0.5, 0.6) is 0 Å². The molecule has 0 spiro atoms. The van der Waals surface area contributed by atoms with Crippen LogP contribution in [-0.2, 0) is 0 Å². The van der Waals surface area contributed by atoms with E-state index in [1.165, 1.54) is 12.3 Å². The van der Waals surface area contributed by atoms with Crippen LogP contribution in [0.1, 0.15) is 23.2 Å². The molecule has 0 aliphatic carbocycles. The van der Waals surface area contributed by atoms with Gasteiger partial charge in [0, 0.05) is 18.5 Å². The maximum absolute atomic E-state index is 13.0. The molecule has 13 heavy (non-hydrogen) atoms. The van der Waals surface area contributed by atoms with E-state index in [0.29, 0.717) is 12.3 Å². The van der Waals surface area contributed by atoms with Gasteiger partial charge in [0.25, 0.3) is 0 Å². The minimum absolute atomic E-state index is 0.0973. The highest BCUT2D eigenvalue weighted by Gasteiger charge is 2.09. The second kappa shape index (κ2) is 4.92. The van der Waals surface area contributed by atoms with Crippen molar-refractivity contribution in [2.75, 3.05) is 5.88 Å². The minimum atomic E-state index is -0.568. The van der Waals surface area contributed by atoms with E-state index in [1.807, 2.05) is 0 Å². The number of ketones is 1. The Morgan fingerprint density at radius 3 is 3.00 bits per heavy atom. The van der Waals surface area contributed by atoms with Crippen LogP contribution in [0.4, 0.5) is 4.39 Å². The number of aromatic nitrogens is 1. The van der Waals surface area contributed by atoms with E-state index in [9.17, 15) is 9.18 Å². The molecule has 2 nitrogen and oxygen atoms in total. The van der Waals surface area contributed by atoms with Crippen LogP contribution in [0.2, 0.25) is 0 Å². The number of pyridine rings is 1. The predicted octanol–water partition coefficient (Wildman–Crippen LogP) is 2.42. The van der Waals surface area contributed by atoms with Crippen LogP contribution in [-0.4, -0.2) is 16.6 Å². The molecule has 0 aliphatic rings. The van der Waals surface area contributed by atoms with E-state index in [1.54, 1.807) is 0 Å².